The summed E-state index contributed by atoms with van der Waals surface area (Å²) >= 11 is 0. The Balaban J connectivity index is 1.75. The fraction of sp³-hybridized carbons (Fsp3) is 0.235. The van der Waals surface area contributed by atoms with Crippen LogP contribution in [-0.4, -0.2) is 44.5 Å². The van der Waals surface area contributed by atoms with E-state index < -0.39 is 11.8 Å². The van der Waals surface area contributed by atoms with Crippen molar-refractivity contribution in [2.75, 3.05) is 18.5 Å². The number of carbonyl (C=O) groups is 2. The van der Waals surface area contributed by atoms with Gasteiger partial charge in [0.05, 0.1) is 13.2 Å². The first kappa shape index (κ1) is 15.9. The molecule has 0 unspecified atom stereocenters. The summed E-state index contributed by atoms with van der Waals surface area (Å²) in [5.74, 6) is 0.120. The number of nitrogens with one attached hydrogen (secondary N) is 1. The summed E-state index contributed by atoms with van der Waals surface area (Å²) in [5, 5.41) is 11.9. The SMILES string of the molecule is CCc1nccn1-c1ccc(NC2=CC(=O)N(CCO)C2=O)cc1. The first-order valence-electron chi connectivity index (χ1n) is 7.72. The smallest absolute Gasteiger partial charge is 0.277 e. The lowest BCUT2D eigenvalue weighted by molar-refractivity contribution is -0.137. The van der Waals surface area contributed by atoms with Gasteiger partial charge in [-0.05, 0) is 24.3 Å². The van der Waals surface area contributed by atoms with Crippen LogP contribution in [-0.2, 0) is 16.0 Å². The second kappa shape index (κ2) is 6.67. The highest BCUT2D eigenvalue weighted by molar-refractivity contribution is 6.17. The first-order valence-corrected chi connectivity index (χ1v) is 7.72. The molecule has 7 heteroatoms. The van der Waals surface area contributed by atoms with Crippen LogP contribution in [0.1, 0.15) is 12.7 Å². The van der Waals surface area contributed by atoms with Crippen LogP contribution in [0.2, 0.25) is 0 Å². The number of hydrogen-bond donors (Lipinski definition) is 2. The van der Waals surface area contributed by atoms with Crippen molar-refractivity contribution in [3.05, 3.63) is 54.3 Å². The molecule has 0 aliphatic carbocycles. The number of β-amino-alcohol motifs (C(OH)–C–C–N with tert-alkyl or cyclic N) is 1. The number of hydrogen-bond acceptors (Lipinski definition) is 5. The molecular weight excluding hydrogens is 308 g/mol. The Morgan fingerprint density at radius 2 is 1.96 bits per heavy atom. The number of rotatable bonds is 6. The maximum atomic E-state index is 12.1. The Kier molecular flexibility index (Phi) is 4.43. The van der Waals surface area contributed by atoms with Gasteiger partial charge in [-0.1, -0.05) is 6.92 Å². The Bertz CT molecular complexity index is 792. The standard InChI is InChI=1S/C17H18N4O3/c1-2-15-18-7-8-20(15)13-5-3-12(4-6-13)19-14-11-16(23)21(9-10-22)17(14)24/h3-8,11,19,22H,2,9-10H2,1H3. The van der Waals surface area contributed by atoms with Crippen molar-refractivity contribution in [2.24, 2.45) is 0 Å². The zero-order valence-corrected chi connectivity index (χ0v) is 13.3. The lowest BCUT2D eigenvalue weighted by atomic mass is 10.2. The molecule has 24 heavy (non-hydrogen) atoms. The number of aryl methyl sites for hydroxylation is 1. The van der Waals surface area contributed by atoms with Gasteiger partial charge in [0.2, 0.25) is 0 Å². The third-order valence-electron chi connectivity index (χ3n) is 3.79. The monoisotopic (exact) mass is 326 g/mol. The quantitative estimate of drug-likeness (QED) is 0.776. The largest absolute Gasteiger partial charge is 0.395 e. The van der Waals surface area contributed by atoms with E-state index in [-0.39, 0.29) is 18.8 Å². The molecule has 2 aromatic rings. The highest BCUT2D eigenvalue weighted by Gasteiger charge is 2.30. The van der Waals surface area contributed by atoms with Gasteiger partial charge in [-0.15, -0.1) is 0 Å². The molecule has 1 aliphatic rings. The molecule has 7 nitrogen and oxygen atoms in total. The van der Waals surface area contributed by atoms with E-state index in [1.165, 1.54) is 6.08 Å². The van der Waals surface area contributed by atoms with Crippen molar-refractivity contribution in [3.63, 3.8) is 0 Å². The predicted octanol–water partition coefficient (Wildman–Crippen LogP) is 1.09. The summed E-state index contributed by atoms with van der Waals surface area (Å²) in [4.78, 5) is 29.1. The second-order valence-electron chi connectivity index (χ2n) is 5.32. The van der Waals surface area contributed by atoms with Gasteiger partial charge in [-0.2, -0.15) is 0 Å². The van der Waals surface area contributed by atoms with E-state index in [1.54, 1.807) is 6.20 Å². The Morgan fingerprint density at radius 1 is 1.21 bits per heavy atom. The molecule has 0 saturated heterocycles. The Hall–Kier alpha value is -2.93. The number of aliphatic hydroxyl groups excluding tert-OH is 1. The molecule has 2 amide bonds. The highest BCUT2D eigenvalue weighted by atomic mass is 16.3. The van der Waals surface area contributed by atoms with Crippen molar-refractivity contribution in [1.82, 2.24) is 14.5 Å². The van der Waals surface area contributed by atoms with E-state index in [0.29, 0.717) is 5.69 Å². The van der Waals surface area contributed by atoms with Gasteiger partial charge in [-0.25, -0.2) is 4.98 Å². The molecule has 0 radical (unpaired) electrons. The summed E-state index contributed by atoms with van der Waals surface area (Å²) in [5.41, 5.74) is 1.88. The Morgan fingerprint density at radius 3 is 2.62 bits per heavy atom. The lowest BCUT2D eigenvalue weighted by Crippen LogP contribution is -2.34. The number of carbonyl (C=O) groups excluding carboxylic acids is 2. The highest BCUT2D eigenvalue weighted by Crippen LogP contribution is 2.19. The van der Waals surface area contributed by atoms with Crippen LogP contribution in [0.15, 0.2) is 48.4 Å². The first-order chi connectivity index (χ1) is 11.6. The molecule has 124 valence electrons. The maximum absolute atomic E-state index is 12.1. The molecule has 1 aromatic carbocycles. The summed E-state index contributed by atoms with van der Waals surface area (Å²) in [6, 6.07) is 7.50. The fourth-order valence-electron chi connectivity index (χ4n) is 2.60. The normalized spacial score (nSPS) is 14.2. The average Bonchev–Trinajstić information content (AvgIpc) is 3.16. The third-order valence-corrected chi connectivity index (χ3v) is 3.79. The molecule has 2 N–H and O–H groups in total. The number of imidazole rings is 1. The van der Waals surface area contributed by atoms with E-state index in [4.69, 9.17) is 5.11 Å². The maximum Gasteiger partial charge on any atom is 0.277 e. The van der Waals surface area contributed by atoms with Gasteiger partial charge >= 0.3 is 0 Å². The number of amides is 2. The zero-order valence-electron chi connectivity index (χ0n) is 13.3. The predicted molar refractivity (Wildman–Crippen MR) is 88.5 cm³/mol. The lowest BCUT2D eigenvalue weighted by Gasteiger charge is -2.13. The number of aliphatic hydroxyl groups is 1. The summed E-state index contributed by atoms with van der Waals surface area (Å²) in [7, 11) is 0. The number of imide groups is 1. The molecular formula is C17H18N4O3. The number of nitrogens with zero attached hydrogens (tertiary/aromatic N) is 3. The van der Waals surface area contributed by atoms with Crippen molar-refractivity contribution in [2.45, 2.75) is 13.3 Å². The topological polar surface area (TPSA) is 87.5 Å². The molecule has 0 bridgehead atoms. The van der Waals surface area contributed by atoms with Crippen LogP contribution in [0.3, 0.4) is 0 Å². The summed E-state index contributed by atoms with van der Waals surface area (Å²) in [6.45, 7) is 1.79. The van der Waals surface area contributed by atoms with E-state index in [2.05, 4.69) is 10.3 Å². The van der Waals surface area contributed by atoms with Crippen molar-refractivity contribution in [1.29, 1.82) is 0 Å². The van der Waals surface area contributed by atoms with Crippen molar-refractivity contribution in [3.8, 4) is 5.69 Å². The minimum absolute atomic E-state index is 0.00128. The molecule has 2 heterocycles. The molecule has 3 rings (SSSR count). The molecule has 0 saturated carbocycles. The van der Waals surface area contributed by atoms with Crippen LogP contribution < -0.4 is 5.32 Å². The van der Waals surface area contributed by atoms with Gasteiger partial charge in [-0.3, -0.25) is 14.5 Å². The molecule has 0 spiro atoms. The fourth-order valence-corrected chi connectivity index (χ4v) is 2.60. The van der Waals surface area contributed by atoms with E-state index in [9.17, 15) is 9.59 Å². The minimum Gasteiger partial charge on any atom is -0.395 e. The number of aromatic nitrogens is 2. The second-order valence-corrected chi connectivity index (χ2v) is 5.32. The van der Waals surface area contributed by atoms with Crippen LogP contribution in [0.4, 0.5) is 5.69 Å². The van der Waals surface area contributed by atoms with Crippen molar-refractivity contribution >= 4 is 17.5 Å². The molecule has 0 atom stereocenters. The van der Waals surface area contributed by atoms with Crippen LogP contribution >= 0.6 is 0 Å². The van der Waals surface area contributed by atoms with E-state index in [1.807, 2.05) is 42.0 Å². The molecule has 0 fully saturated rings. The number of benzene rings is 1. The third kappa shape index (κ3) is 2.93. The minimum atomic E-state index is -0.430. The molecule has 1 aromatic heterocycles. The Labute approximate surface area is 139 Å². The van der Waals surface area contributed by atoms with E-state index in [0.717, 1.165) is 22.8 Å². The summed E-state index contributed by atoms with van der Waals surface area (Å²) in [6.07, 6.45) is 5.73. The number of anilines is 1. The van der Waals surface area contributed by atoms with Gasteiger partial charge < -0.3 is 15.0 Å². The molecule has 1 aliphatic heterocycles. The average molecular weight is 326 g/mol. The van der Waals surface area contributed by atoms with Gasteiger partial charge in [0, 0.05) is 36.3 Å². The van der Waals surface area contributed by atoms with E-state index >= 15 is 0 Å². The van der Waals surface area contributed by atoms with Gasteiger partial charge in [0.15, 0.2) is 0 Å². The van der Waals surface area contributed by atoms with Crippen LogP contribution in [0.5, 0.6) is 0 Å². The van der Waals surface area contributed by atoms with Gasteiger partial charge in [0.1, 0.15) is 11.5 Å². The zero-order chi connectivity index (χ0) is 17.1. The van der Waals surface area contributed by atoms with Crippen LogP contribution in [0.25, 0.3) is 5.69 Å². The van der Waals surface area contributed by atoms with Crippen molar-refractivity contribution < 1.29 is 14.7 Å². The van der Waals surface area contributed by atoms with Gasteiger partial charge in [0.25, 0.3) is 11.8 Å². The summed E-state index contributed by atoms with van der Waals surface area (Å²) < 4.78 is 2.00. The van der Waals surface area contributed by atoms with Crippen LogP contribution in [0, 0.1) is 0 Å².